The Morgan fingerprint density at radius 3 is 1.35 bits per heavy atom. The molecule has 0 heterocycles. The SMILES string of the molecule is c1ccc(-c2ccc3cc(-c4c5ccccc5c(-c5cccc(-c6cccc7ccccc67)c5)c5ccccc45)ccc3c2)cc1. The van der Waals surface area contributed by atoms with Crippen molar-refractivity contribution in [2.75, 3.05) is 0 Å². The van der Waals surface area contributed by atoms with Crippen molar-refractivity contribution in [2.24, 2.45) is 0 Å². The average Bonchev–Trinajstić information content (AvgIpc) is 3.13. The quantitative estimate of drug-likeness (QED) is 0.181. The van der Waals surface area contributed by atoms with E-state index in [1.165, 1.54) is 87.6 Å². The molecule has 0 aliphatic carbocycles. The molecule has 0 saturated heterocycles. The van der Waals surface area contributed by atoms with E-state index in [0.29, 0.717) is 0 Å². The Labute approximate surface area is 268 Å². The number of benzene rings is 9. The zero-order chi connectivity index (χ0) is 30.5. The molecule has 0 unspecified atom stereocenters. The van der Waals surface area contributed by atoms with E-state index in [-0.39, 0.29) is 0 Å². The van der Waals surface area contributed by atoms with Crippen LogP contribution < -0.4 is 0 Å². The van der Waals surface area contributed by atoms with Gasteiger partial charge in [-0.15, -0.1) is 0 Å². The van der Waals surface area contributed by atoms with E-state index in [2.05, 4.69) is 182 Å². The Hall–Kier alpha value is -5.98. The van der Waals surface area contributed by atoms with Crippen LogP contribution in [0, 0.1) is 0 Å². The third kappa shape index (κ3) is 4.38. The molecule has 9 aromatic rings. The van der Waals surface area contributed by atoms with Gasteiger partial charge in [-0.2, -0.15) is 0 Å². The summed E-state index contributed by atoms with van der Waals surface area (Å²) in [6.45, 7) is 0. The highest BCUT2D eigenvalue weighted by Gasteiger charge is 2.17. The summed E-state index contributed by atoms with van der Waals surface area (Å²) in [5.41, 5.74) is 10.0. The van der Waals surface area contributed by atoms with Crippen molar-refractivity contribution in [1.29, 1.82) is 0 Å². The van der Waals surface area contributed by atoms with Crippen LogP contribution in [0.4, 0.5) is 0 Å². The third-order valence-electron chi connectivity index (χ3n) is 9.42. The van der Waals surface area contributed by atoms with Crippen LogP contribution in [0.25, 0.3) is 87.6 Å². The molecule has 0 nitrogen and oxygen atoms in total. The summed E-state index contributed by atoms with van der Waals surface area (Å²) in [7, 11) is 0. The van der Waals surface area contributed by atoms with Crippen molar-refractivity contribution in [3.05, 3.63) is 182 Å². The largest absolute Gasteiger partial charge is 0.0622 e. The minimum absolute atomic E-state index is 1.23. The number of hydrogen-bond acceptors (Lipinski definition) is 0. The number of fused-ring (bicyclic) bond motifs is 4. The van der Waals surface area contributed by atoms with E-state index in [0.717, 1.165) is 0 Å². The van der Waals surface area contributed by atoms with Gasteiger partial charge >= 0.3 is 0 Å². The van der Waals surface area contributed by atoms with Gasteiger partial charge in [0.05, 0.1) is 0 Å². The van der Waals surface area contributed by atoms with Crippen molar-refractivity contribution in [2.45, 2.75) is 0 Å². The van der Waals surface area contributed by atoms with Crippen LogP contribution in [0.2, 0.25) is 0 Å². The van der Waals surface area contributed by atoms with Crippen LogP contribution in [-0.2, 0) is 0 Å². The standard InChI is InChI=1S/C46H30/c1-2-12-31(13-3-1)33-24-25-35-29-38(27-26-34(35)28-33)46-43-21-8-6-19-41(43)45(42-20-7-9-22-44(42)46)37-17-10-16-36(30-37)40-23-11-15-32-14-4-5-18-39(32)40/h1-30H. The Morgan fingerprint density at radius 2 is 0.674 bits per heavy atom. The Bertz CT molecular complexity index is 2510. The predicted molar refractivity (Wildman–Crippen MR) is 198 cm³/mol. The van der Waals surface area contributed by atoms with Crippen LogP contribution in [0.15, 0.2) is 182 Å². The Morgan fingerprint density at radius 1 is 0.217 bits per heavy atom. The molecule has 0 aliphatic heterocycles. The Kier molecular flexibility index (Phi) is 6.25. The maximum absolute atomic E-state index is 2.37. The van der Waals surface area contributed by atoms with Gasteiger partial charge in [0, 0.05) is 0 Å². The van der Waals surface area contributed by atoms with Crippen LogP contribution in [0.5, 0.6) is 0 Å². The normalized spacial score (nSPS) is 11.5. The van der Waals surface area contributed by atoms with Gasteiger partial charge in [0.15, 0.2) is 0 Å². The van der Waals surface area contributed by atoms with Gasteiger partial charge in [-0.05, 0) is 106 Å². The molecule has 0 atom stereocenters. The fourth-order valence-corrected chi connectivity index (χ4v) is 7.28. The second kappa shape index (κ2) is 10.9. The summed E-state index contributed by atoms with van der Waals surface area (Å²) in [5.74, 6) is 0. The molecule has 0 saturated carbocycles. The highest BCUT2D eigenvalue weighted by Crippen LogP contribution is 2.45. The van der Waals surface area contributed by atoms with E-state index in [9.17, 15) is 0 Å². The van der Waals surface area contributed by atoms with Gasteiger partial charge < -0.3 is 0 Å². The lowest BCUT2D eigenvalue weighted by Crippen LogP contribution is -1.91. The summed E-state index contributed by atoms with van der Waals surface area (Å²) in [4.78, 5) is 0. The van der Waals surface area contributed by atoms with Gasteiger partial charge in [0.25, 0.3) is 0 Å². The molecule has 0 heteroatoms. The highest BCUT2D eigenvalue weighted by atomic mass is 14.2. The Balaban J connectivity index is 1.25. The molecular formula is C46H30. The van der Waals surface area contributed by atoms with Crippen molar-refractivity contribution in [1.82, 2.24) is 0 Å². The average molecular weight is 583 g/mol. The first-order valence-corrected chi connectivity index (χ1v) is 15.9. The second-order valence-electron chi connectivity index (χ2n) is 12.1. The fraction of sp³-hybridized carbons (Fsp3) is 0. The predicted octanol–water partition coefficient (Wildman–Crippen LogP) is 13.0. The molecule has 0 amide bonds. The lowest BCUT2D eigenvalue weighted by atomic mass is 9.85. The minimum Gasteiger partial charge on any atom is -0.0622 e. The third-order valence-corrected chi connectivity index (χ3v) is 9.42. The first-order chi connectivity index (χ1) is 22.8. The highest BCUT2D eigenvalue weighted by molar-refractivity contribution is 6.22. The molecular weight excluding hydrogens is 553 g/mol. The maximum atomic E-state index is 2.37. The van der Waals surface area contributed by atoms with Crippen molar-refractivity contribution in [3.63, 3.8) is 0 Å². The first kappa shape index (κ1) is 26.4. The van der Waals surface area contributed by atoms with Crippen LogP contribution in [0.3, 0.4) is 0 Å². The van der Waals surface area contributed by atoms with Crippen molar-refractivity contribution >= 4 is 43.1 Å². The summed E-state index contributed by atoms with van der Waals surface area (Å²) in [6, 6.07) is 66.5. The van der Waals surface area contributed by atoms with E-state index >= 15 is 0 Å². The second-order valence-corrected chi connectivity index (χ2v) is 12.1. The molecule has 46 heavy (non-hydrogen) atoms. The number of rotatable bonds is 4. The molecule has 0 aromatic heterocycles. The van der Waals surface area contributed by atoms with Crippen LogP contribution in [-0.4, -0.2) is 0 Å². The smallest absolute Gasteiger partial charge is 0.00262 e. The lowest BCUT2D eigenvalue weighted by Gasteiger charge is -2.18. The monoisotopic (exact) mass is 582 g/mol. The molecule has 9 aromatic carbocycles. The fourth-order valence-electron chi connectivity index (χ4n) is 7.28. The molecule has 0 aliphatic rings. The maximum Gasteiger partial charge on any atom is -0.00262 e. The van der Waals surface area contributed by atoms with Gasteiger partial charge in [-0.25, -0.2) is 0 Å². The number of hydrogen-bond donors (Lipinski definition) is 0. The van der Waals surface area contributed by atoms with E-state index < -0.39 is 0 Å². The van der Waals surface area contributed by atoms with E-state index in [1.54, 1.807) is 0 Å². The lowest BCUT2D eigenvalue weighted by molar-refractivity contribution is 1.63. The van der Waals surface area contributed by atoms with Crippen molar-refractivity contribution < 1.29 is 0 Å². The zero-order valence-electron chi connectivity index (χ0n) is 25.3. The zero-order valence-corrected chi connectivity index (χ0v) is 25.3. The molecule has 0 bridgehead atoms. The van der Waals surface area contributed by atoms with Crippen LogP contribution >= 0.6 is 0 Å². The summed E-state index contributed by atoms with van der Waals surface area (Å²) < 4.78 is 0. The summed E-state index contributed by atoms with van der Waals surface area (Å²) >= 11 is 0. The first-order valence-electron chi connectivity index (χ1n) is 15.9. The summed E-state index contributed by atoms with van der Waals surface area (Å²) in [6.07, 6.45) is 0. The molecule has 214 valence electrons. The minimum atomic E-state index is 1.23. The van der Waals surface area contributed by atoms with Gasteiger partial charge in [0.2, 0.25) is 0 Å². The molecule has 0 radical (unpaired) electrons. The van der Waals surface area contributed by atoms with E-state index in [1.807, 2.05) is 0 Å². The van der Waals surface area contributed by atoms with Gasteiger partial charge in [0.1, 0.15) is 0 Å². The molecule has 0 fully saturated rings. The van der Waals surface area contributed by atoms with Crippen LogP contribution in [0.1, 0.15) is 0 Å². The van der Waals surface area contributed by atoms with Gasteiger partial charge in [-0.3, -0.25) is 0 Å². The van der Waals surface area contributed by atoms with E-state index in [4.69, 9.17) is 0 Å². The van der Waals surface area contributed by atoms with Gasteiger partial charge in [-0.1, -0.05) is 164 Å². The molecule has 0 spiro atoms. The molecule has 9 rings (SSSR count). The topological polar surface area (TPSA) is 0 Å². The molecule has 0 N–H and O–H groups in total. The summed E-state index contributed by atoms with van der Waals surface area (Å²) in [5, 5.41) is 10.1. The van der Waals surface area contributed by atoms with Crippen molar-refractivity contribution in [3.8, 4) is 44.5 Å².